The molecule has 0 aromatic carbocycles. The van der Waals surface area contributed by atoms with Gasteiger partial charge in [0.15, 0.2) is 0 Å². The summed E-state index contributed by atoms with van der Waals surface area (Å²) >= 11 is 2.38. The van der Waals surface area contributed by atoms with Crippen molar-refractivity contribution in [2.45, 2.75) is 87.6 Å². The molecular weight excluding hydrogens is 541 g/mol. The molecule has 0 radical (unpaired) electrons. The van der Waals surface area contributed by atoms with Crippen molar-refractivity contribution in [1.29, 1.82) is 0 Å². The monoisotopic (exact) mass is 579 g/mol. The average Bonchev–Trinajstić information content (AvgIpc) is 2.80. The van der Waals surface area contributed by atoms with E-state index >= 15 is 0 Å². The van der Waals surface area contributed by atoms with Gasteiger partial charge in [-0.25, -0.2) is 4.98 Å². The lowest BCUT2D eigenvalue weighted by Crippen LogP contribution is -2.55. The number of carboxylic acid groups (broad SMARTS) is 1. The topological polar surface area (TPSA) is 82.5 Å². The molecule has 4 bridgehead atoms. The van der Waals surface area contributed by atoms with E-state index in [1.54, 1.807) is 0 Å². The lowest BCUT2D eigenvalue weighted by molar-refractivity contribution is -0.138. The number of carbonyl (C=O) groups excluding carboxylic acids is 1. The molecule has 2 atom stereocenters. The van der Waals surface area contributed by atoms with Crippen LogP contribution in [-0.4, -0.2) is 38.6 Å². The first kappa shape index (κ1) is 24.3. The molecule has 6 nitrogen and oxygen atoms in total. The summed E-state index contributed by atoms with van der Waals surface area (Å²) in [7, 11) is 0. The van der Waals surface area contributed by atoms with E-state index in [1.807, 2.05) is 12.1 Å². The van der Waals surface area contributed by atoms with Crippen LogP contribution in [0, 0.1) is 29.6 Å². The van der Waals surface area contributed by atoms with Crippen LogP contribution in [0.3, 0.4) is 0 Å². The van der Waals surface area contributed by atoms with Gasteiger partial charge in [0.05, 0.1) is 21.7 Å². The van der Waals surface area contributed by atoms with Gasteiger partial charge in [-0.05, 0) is 99.5 Å². The number of carbonyl (C=O) groups is 2. The Labute approximate surface area is 216 Å². The highest BCUT2D eigenvalue weighted by Crippen LogP contribution is 2.53. The fraction of sp³-hybridized carbons (Fsp3) is 0.741. The fourth-order valence-electron chi connectivity index (χ4n) is 7.48. The van der Waals surface area contributed by atoms with Gasteiger partial charge in [0.25, 0.3) is 5.91 Å². The molecule has 4 aliphatic carbocycles. The zero-order chi connectivity index (χ0) is 23.8. The maximum atomic E-state index is 13.5. The lowest BCUT2D eigenvalue weighted by atomic mass is 9.54. The molecular formula is C27H38IN3O3. The van der Waals surface area contributed by atoms with Crippen LogP contribution in [0.15, 0.2) is 12.1 Å². The van der Waals surface area contributed by atoms with E-state index in [9.17, 15) is 14.7 Å². The number of hydrogen-bond donors (Lipinski definition) is 2. The highest BCUT2D eigenvalue weighted by molar-refractivity contribution is 14.1. The Hall–Kier alpha value is -1.38. The third-order valence-corrected chi connectivity index (χ3v) is 10.6. The molecule has 186 valence electrons. The van der Waals surface area contributed by atoms with Gasteiger partial charge < -0.3 is 15.3 Å². The standard InChI is InChI=1S/C27H38IN3O3/c1-2-3-6-22-21(27(34)30-25-19-11-16-10-17(13-19)14-20(25)12-16)7-8-23(29-22)31-9-4-5-18(26(31)28)15-24(32)33/h7-8,16-20,25-26H,2-6,9-15H2,1H3,(H,30,34)(H,32,33)/t16?,17?,18-,19?,20?,25?,26?/m0/s1. The Balaban J connectivity index is 1.34. The molecule has 2 heterocycles. The molecule has 2 N–H and O–H groups in total. The van der Waals surface area contributed by atoms with E-state index in [1.165, 1.54) is 32.1 Å². The fourth-order valence-corrected chi connectivity index (χ4v) is 8.66. The minimum atomic E-state index is -0.734. The number of hydrogen-bond acceptors (Lipinski definition) is 4. The van der Waals surface area contributed by atoms with Crippen molar-refractivity contribution in [1.82, 2.24) is 10.3 Å². The summed E-state index contributed by atoms with van der Waals surface area (Å²) in [4.78, 5) is 32.1. The van der Waals surface area contributed by atoms with Crippen molar-refractivity contribution in [2.75, 3.05) is 11.4 Å². The van der Waals surface area contributed by atoms with Crippen molar-refractivity contribution in [3.05, 3.63) is 23.4 Å². The summed E-state index contributed by atoms with van der Waals surface area (Å²) in [6.07, 6.45) is 11.5. The van der Waals surface area contributed by atoms with Crippen LogP contribution in [0.5, 0.6) is 0 Å². The predicted molar refractivity (Wildman–Crippen MR) is 141 cm³/mol. The van der Waals surface area contributed by atoms with E-state index in [-0.39, 0.29) is 22.3 Å². The van der Waals surface area contributed by atoms with Gasteiger partial charge in [0.1, 0.15) is 5.82 Å². The summed E-state index contributed by atoms with van der Waals surface area (Å²) in [5.41, 5.74) is 1.62. The number of piperidine rings is 1. The number of aromatic nitrogens is 1. The van der Waals surface area contributed by atoms with Gasteiger partial charge in [0, 0.05) is 12.6 Å². The highest BCUT2D eigenvalue weighted by Gasteiger charge is 2.48. The van der Waals surface area contributed by atoms with Crippen LogP contribution in [0.1, 0.15) is 87.2 Å². The van der Waals surface area contributed by atoms with E-state index < -0.39 is 5.97 Å². The van der Waals surface area contributed by atoms with Gasteiger partial charge in [-0.1, -0.05) is 35.9 Å². The van der Waals surface area contributed by atoms with E-state index in [2.05, 4.69) is 39.7 Å². The summed E-state index contributed by atoms with van der Waals surface area (Å²) in [6.45, 7) is 3.05. The first-order valence-corrected chi connectivity index (χ1v) is 14.6. The van der Waals surface area contributed by atoms with Crippen molar-refractivity contribution in [3.8, 4) is 0 Å². The summed E-state index contributed by atoms with van der Waals surface area (Å²) in [5.74, 6) is 3.42. The number of rotatable bonds is 8. The number of aliphatic carboxylic acids is 1. The van der Waals surface area contributed by atoms with E-state index in [4.69, 9.17) is 4.98 Å². The molecule has 1 unspecified atom stereocenters. The number of nitrogens with zero attached hydrogens (tertiary/aromatic N) is 2. The molecule has 1 amide bonds. The van der Waals surface area contributed by atoms with E-state index in [0.717, 1.165) is 67.6 Å². The van der Waals surface area contributed by atoms with Crippen LogP contribution in [0.2, 0.25) is 0 Å². The molecule has 0 spiro atoms. The number of carboxylic acids is 1. The molecule has 5 fully saturated rings. The minimum Gasteiger partial charge on any atom is -0.481 e. The average molecular weight is 580 g/mol. The number of anilines is 1. The number of nitrogens with one attached hydrogen (secondary N) is 1. The van der Waals surface area contributed by atoms with Crippen LogP contribution < -0.4 is 10.2 Å². The third kappa shape index (κ3) is 4.96. The van der Waals surface area contributed by atoms with Gasteiger partial charge in [0.2, 0.25) is 0 Å². The number of halogens is 1. The lowest BCUT2D eigenvalue weighted by Gasteiger charge is -2.54. The van der Waals surface area contributed by atoms with Crippen LogP contribution in [0.4, 0.5) is 5.82 Å². The molecule has 34 heavy (non-hydrogen) atoms. The maximum Gasteiger partial charge on any atom is 0.303 e. The number of unbranched alkanes of at least 4 members (excludes halogenated alkanes) is 1. The molecule has 1 aliphatic heterocycles. The molecule has 1 aromatic heterocycles. The van der Waals surface area contributed by atoms with Crippen molar-refractivity contribution in [2.24, 2.45) is 29.6 Å². The predicted octanol–water partition coefficient (Wildman–Crippen LogP) is 5.43. The smallest absolute Gasteiger partial charge is 0.303 e. The van der Waals surface area contributed by atoms with Crippen molar-refractivity contribution in [3.63, 3.8) is 0 Å². The number of amides is 1. The van der Waals surface area contributed by atoms with Crippen LogP contribution in [0.25, 0.3) is 0 Å². The number of alkyl halides is 1. The first-order valence-electron chi connectivity index (χ1n) is 13.4. The highest BCUT2D eigenvalue weighted by atomic mass is 127. The van der Waals surface area contributed by atoms with Crippen molar-refractivity contribution < 1.29 is 14.7 Å². The summed E-state index contributed by atoms with van der Waals surface area (Å²) in [5, 5.41) is 12.8. The van der Waals surface area contributed by atoms with Gasteiger partial charge in [-0.2, -0.15) is 0 Å². The first-order chi connectivity index (χ1) is 16.4. The number of aryl methyl sites for hydroxylation is 1. The van der Waals surface area contributed by atoms with Crippen LogP contribution in [-0.2, 0) is 11.2 Å². The second-order valence-electron chi connectivity index (χ2n) is 11.3. The van der Waals surface area contributed by atoms with Gasteiger partial charge in [-0.3, -0.25) is 9.59 Å². The van der Waals surface area contributed by atoms with Gasteiger partial charge >= 0.3 is 5.97 Å². The van der Waals surface area contributed by atoms with Crippen molar-refractivity contribution >= 4 is 40.3 Å². The molecule has 6 rings (SSSR count). The van der Waals surface area contributed by atoms with Crippen LogP contribution >= 0.6 is 22.6 Å². The SMILES string of the molecule is CCCCc1nc(N2CCC[C@@H](CC(=O)O)C2I)ccc1C(=O)NC1C2CC3CC(C2)CC1C3. The Morgan fingerprint density at radius 3 is 2.50 bits per heavy atom. The summed E-state index contributed by atoms with van der Waals surface area (Å²) < 4.78 is 0.0988. The van der Waals surface area contributed by atoms with E-state index in [0.29, 0.717) is 17.9 Å². The maximum absolute atomic E-state index is 13.5. The number of pyridine rings is 1. The second-order valence-corrected chi connectivity index (χ2v) is 12.5. The quantitative estimate of drug-likeness (QED) is 0.244. The molecule has 7 heteroatoms. The molecule has 5 aliphatic rings. The third-order valence-electron chi connectivity index (χ3n) is 8.89. The Kier molecular flexibility index (Phi) is 7.38. The summed E-state index contributed by atoms with van der Waals surface area (Å²) in [6, 6.07) is 4.29. The Morgan fingerprint density at radius 1 is 1.15 bits per heavy atom. The largest absolute Gasteiger partial charge is 0.481 e. The molecule has 1 aromatic rings. The Bertz CT molecular complexity index is 894. The molecule has 1 saturated heterocycles. The van der Waals surface area contributed by atoms with Gasteiger partial charge in [-0.15, -0.1) is 0 Å². The molecule has 4 saturated carbocycles. The second kappa shape index (κ2) is 10.3. The zero-order valence-electron chi connectivity index (χ0n) is 20.2. The zero-order valence-corrected chi connectivity index (χ0v) is 22.4. The Morgan fingerprint density at radius 2 is 1.85 bits per heavy atom. The normalized spacial score (nSPS) is 34.3. The minimum absolute atomic E-state index is 0.0519.